The average molecular weight is 621 g/mol. The summed E-state index contributed by atoms with van der Waals surface area (Å²) in [6.07, 6.45) is 3.22. The summed E-state index contributed by atoms with van der Waals surface area (Å²) in [4.78, 5) is 44.8. The van der Waals surface area contributed by atoms with Crippen LogP contribution in [0.4, 0.5) is 10.8 Å². The molecule has 4 aromatic carbocycles. The summed E-state index contributed by atoms with van der Waals surface area (Å²) in [7, 11) is 1.56. The standard InChI is InChI=1S/C34H28N4O4S2/c1-42-27-16-8-10-23(20-27)21-29(37-31(39)25-13-6-3-7-14-25)32(40)36-26-15-9-17-28(22-26)44-30(24-11-4-2-5-12-24)33(41)38-34-35-18-19-43-34/h2-22,30H,1H3,(H,36,40)(H,37,39)(H,35,38,41)/b29-21-. The highest BCUT2D eigenvalue weighted by molar-refractivity contribution is 8.00. The zero-order chi connectivity index (χ0) is 30.7. The number of ether oxygens (including phenoxy) is 1. The Kier molecular flexibility index (Phi) is 10.2. The monoisotopic (exact) mass is 620 g/mol. The molecule has 0 aliphatic rings. The van der Waals surface area contributed by atoms with Crippen LogP contribution >= 0.6 is 23.1 Å². The van der Waals surface area contributed by atoms with E-state index in [4.69, 9.17) is 4.74 Å². The predicted molar refractivity (Wildman–Crippen MR) is 176 cm³/mol. The zero-order valence-electron chi connectivity index (χ0n) is 23.6. The van der Waals surface area contributed by atoms with Crippen molar-refractivity contribution in [1.29, 1.82) is 0 Å². The maximum absolute atomic E-state index is 13.6. The van der Waals surface area contributed by atoms with Gasteiger partial charge >= 0.3 is 0 Å². The van der Waals surface area contributed by atoms with Gasteiger partial charge in [0.2, 0.25) is 5.91 Å². The SMILES string of the molecule is COc1cccc(/C=C(\NC(=O)c2ccccc2)C(=O)Nc2cccc(SC(C(=O)Nc3nccs3)c3ccccc3)c2)c1. The minimum Gasteiger partial charge on any atom is -0.497 e. The molecule has 0 spiro atoms. The van der Waals surface area contributed by atoms with E-state index in [2.05, 4.69) is 20.9 Å². The van der Waals surface area contributed by atoms with Gasteiger partial charge in [-0.25, -0.2) is 4.98 Å². The fourth-order valence-electron chi connectivity index (χ4n) is 4.18. The summed E-state index contributed by atoms with van der Waals surface area (Å²) >= 11 is 2.70. The van der Waals surface area contributed by atoms with Gasteiger partial charge in [0.15, 0.2) is 5.13 Å². The number of hydrogen-bond acceptors (Lipinski definition) is 7. The molecule has 0 saturated carbocycles. The van der Waals surface area contributed by atoms with E-state index < -0.39 is 17.1 Å². The molecule has 5 aromatic rings. The maximum atomic E-state index is 13.6. The molecule has 1 aromatic heterocycles. The number of thiazole rings is 1. The van der Waals surface area contributed by atoms with Crippen molar-refractivity contribution in [3.63, 3.8) is 0 Å². The predicted octanol–water partition coefficient (Wildman–Crippen LogP) is 7.03. The Morgan fingerprint density at radius 2 is 1.61 bits per heavy atom. The van der Waals surface area contributed by atoms with Crippen molar-refractivity contribution >= 4 is 57.7 Å². The zero-order valence-corrected chi connectivity index (χ0v) is 25.2. The number of aromatic nitrogens is 1. The van der Waals surface area contributed by atoms with Crippen LogP contribution in [-0.4, -0.2) is 29.8 Å². The van der Waals surface area contributed by atoms with Crippen molar-refractivity contribution in [2.75, 3.05) is 17.7 Å². The van der Waals surface area contributed by atoms with Crippen LogP contribution < -0.4 is 20.7 Å². The van der Waals surface area contributed by atoms with Gasteiger partial charge in [0.05, 0.1) is 7.11 Å². The third-order valence-corrected chi connectivity index (χ3v) is 8.22. The van der Waals surface area contributed by atoms with E-state index in [1.807, 2.05) is 48.5 Å². The fourth-order valence-corrected chi connectivity index (χ4v) is 5.79. The molecule has 8 nitrogen and oxygen atoms in total. The number of hydrogen-bond donors (Lipinski definition) is 3. The van der Waals surface area contributed by atoms with Crippen LogP contribution in [0.1, 0.15) is 26.7 Å². The lowest BCUT2D eigenvalue weighted by molar-refractivity contribution is -0.116. The minimum atomic E-state index is -0.570. The van der Waals surface area contributed by atoms with E-state index >= 15 is 0 Å². The third-order valence-electron chi connectivity index (χ3n) is 6.28. The second-order valence-corrected chi connectivity index (χ2v) is 11.4. The normalized spacial score (nSPS) is 11.7. The van der Waals surface area contributed by atoms with Gasteiger partial charge in [0.1, 0.15) is 16.7 Å². The van der Waals surface area contributed by atoms with Crippen molar-refractivity contribution in [2.24, 2.45) is 0 Å². The van der Waals surface area contributed by atoms with Crippen molar-refractivity contribution in [2.45, 2.75) is 10.1 Å². The molecule has 1 unspecified atom stereocenters. The number of benzene rings is 4. The molecule has 0 fully saturated rings. The first kappa shape index (κ1) is 30.3. The molecule has 0 aliphatic carbocycles. The summed E-state index contributed by atoms with van der Waals surface area (Å²) in [5.74, 6) is -0.529. The summed E-state index contributed by atoms with van der Waals surface area (Å²) in [5.41, 5.74) is 2.46. The highest BCUT2D eigenvalue weighted by atomic mass is 32.2. The van der Waals surface area contributed by atoms with Gasteiger partial charge in [-0.1, -0.05) is 66.7 Å². The van der Waals surface area contributed by atoms with Crippen LogP contribution in [0.25, 0.3) is 6.08 Å². The second-order valence-electron chi connectivity index (χ2n) is 9.37. The fraction of sp³-hybridized carbons (Fsp3) is 0.0588. The van der Waals surface area contributed by atoms with Crippen LogP contribution in [0, 0.1) is 0 Å². The first-order valence-electron chi connectivity index (χ1n) is 13.5. The Morgan fingerprint density at radius 3 is 2.34 bits per heavy atom. The van der Waals surface area contributed by atoms with Crippen molar-refractivity contribution < 1.29 is 19.1 Å². The second kappa shape index (κ2) is 14.8. The quantitative estimate of drug-likeness (QED) is 0.108. The molecule has 0 saturated heterocycles. The molecular weight excluding hydrogens is 593 g/mol. The number of carbonyl (C=O) groups is 3. The highest BCUT2D eigenvalue weighted by Gasteiger charge is 2.23. The first-order valence-corrected chi connectivity index (χ1v) is 15.3. The third kappa shape index (κ3) is 8.21. The molecule has 220 valence electrons. The van der Waals surface area contributed by atoms with Crippen LogP contribution in [0.15, 0.2) is 131 Å². The van der Waals surface area contributed by atoms with Crippen LogP contribution in [0.5, 0.6) is 5.75 Å². The molecule has 0 aliphatic heterocycles. The number of rotatable bonds is 11. The molecular formula is C34H28N4O4S2. The Bertz CT molecular complexity index is 1760. The van der Waals surface area contributed by atoms with Gasteiger partial charge in [0, 0.05) is 27.7 Å². The maximum Gasteiger partial charge on any atom is 0.272 e. The molecule has 1 atom stereocenters. The van der Waals surface area contributed by atoms with Gasteiger partial charge in [-0.15, -0.1) is 23.1 Å². The highest BCUT2D eigenvalue weighted by Crippen LogP contribution is 2.37. The van der Waals surface area contributed by atoms with E-state index in [0.29, 0.717) is 27.7 Å². The van der Waals surface area contributed by atoms with Gasteiger partial charge in [0.25, 0.3) is 11.8 Å². The van der Waals surface area contributed by atoms with E-state index in [9.17, 15) is 14.4 Å². The largest absolute Gasteiger partial charge is 0.497 e. The Labute approximate surface area is 263 Å². The van der Waals surface area contributed by atoms with Crippen LogP contribution in [0.3, 0.4) is 0 Å². The number of amides is 3. The van der Waals surface area contributed by atoms with Gasteiger partial charge < -0.3 is 20.7 Å². The van der Waals surface area contributed by atoms with Crippen molar-refractivity contribution in [3.8, 4) is 5.75 Å². The molecule has 1 heterocycles. The molecule has 10 heteroatoms. The Balaban J connectivity index is 1.38. The number of nitrogens with zero attached hydrogens (tertiary/aromatic N) is 1. The number of anilines is 2. The van der Waals surface area contributed by atoms with Gasteiger partial charge in [-0.3, -0.25) is 14.4 Å². The van der Waals surface area contributed by atoms with Gasteiger partial charge in [-0.2, -0.15) is 0 Å². The summed E-state index contributed by atoms with van der Waals surface area (Å²) < 4.78 is 5.31. The van der Waals surface area contributed by atoms with Crippen LogP contribution in [-0.2, 0) is 9.59 Å². The molecule has 3 N–H and O–H groups in total. The van der Waals surface area contributed by atoms with E-state index in [1.165, 1.54) is 23.1 Å². The van der Waals surface area contributed by atoms with Crippen molar-refractivity contribution in [1.82, 2.24) is 10.3 Å². The summed E-state index contributed by atoms with van der Waals surface area (Å²) in [6, 6.07) is 32.5. The first-order chi connectivity index (χ1) is 21.5. The summed E-state index contributed by atoms with van der Waals surface area (Å²) in [5, 5.41) is 10.3. The number of nitrogens with one attached hydrogen (secondary N) is 3. The minimum absolute atomic E-state index is 0.0511. The number of thioether (sulfide) groups is 1. The molecule has 44 heavy (non-hydrogen) atoms. The molecule has 3 amide bonds. The number of methoxy groups -OCH3 is 1. The lowest BCUT2D eigenvalue weighted by Crippen LogP contribution is -2.30. The summed E-state index contributed by atoms with van der Waals surface area (Å²) in [6.45, 7) is 0. The number of carbonyl (C=O) groups excluding carboxylic acids is 3. The lowest BCUT2D eigenvalue weighted by atomic mass is 10.1. The van der Waals surface area contributed by atoms with Crippen LogP contribution in [0.2, 0.25) is 0 Å². The topological polar surface area (TPSA) is 109 Å². The molecule has 0 radical (unpaired) electrons. The average Bonchev–Trinajstić information content (AvgIpc) is 3.57. The Morgan fingerprint density at radius 1 is 0.864 bits per heavy atom. The lowest BCUT2D eigenvalue weighted by Gasteiger charge is -2.17. The van der Waals surface area contributed by atoms with E-state index in [0.717, 1.165) is 10.5 Å². The smallest absolute Gasteiger partial charge is 0.272 e. The molecule has 0 bridgehead atoms. The Hall–Kier alpha value is -5.19. The van der Waals surface area contributed by atoms with E-state index in [-0.39, 0.29) is 11.6 Å². The van der Waals surface area contributed by atoms with Gasteiger partial charge in [-0.05, 0) is 59.7 Å². The molecule has 5 rings (SSSR count). The van der Waals surface area contributed by atoms with Crippen molar-refractivity contribution in [3.05, 3.63) is 143 Å². The van der Waals surface area contributed by atoms with E-state index in [1.54, 1.807) is 85.4 Å².